The van der Waals surface area contributed by atoms with Gasteiger partial charge in [-0.3, -0.25) is 0 Å². The molecule has 1 atom stereocenters. The average Bonchev–Trinajstić information content (AvgIpc) is 3.04. The highest BCUT2D eigenvalue weighted by molar-refractivity contribution is 7.89. The van der Waals surface area contributed by atoms with Gasteiger partial charge in [-0.25, -0.2) is 12.8 Å². The SMILES string of the molecule is CC(C)Oc1ccc(S(=O)(=O)N[C@@]2(c3ccc(F)cc3)CCNC2)cc1. The first kappa shape index (κ1) is 18.8. The highest BCUT2D eigenvalue weighted by Crippen LogP contribution is 2.30. The standard InChI is InChI=1S/C19H23FN2O3S/c1-14(2)25-17-7-9-18(10-8-17)26(23,24)22-19(11-12-21-13-19)15-3-5-16(20)6-4-15/h3-10,14,21-22H,11-13H2,1-2H3/t19-/m0/s1. The minimum Gasteiger partial charge on any atom is -0.491 e. The fourth-order valence-corrected chi connectivity index (χ4v) is 4.56. The van der Waals surface area contributed by atoms with Crippen molar-refractivity contribution in [2.45, 2.75) is 36.8 Å². The van der Waals surface area contributed by atoms with Crippen LogP contribution in [0.3, 0.4) is 0 Å². The summed E-state index contributed by atoms with van der Waals surface area (Å²) >= 11 is 0. The number of rotatable bonds is 6. The minimum atomic E-state index is -3.74. The molecule has 0 radical (unpaired) electrons. The number of benzene rings is 2. The molecule has 0 bridgehead atoms. The molecule has 0 aromatic heterocycles. The highest BCUT2D eigenvalue weighted by atomic mass is 32.2. The lowest BCUT2D eigenvalue weighted by molar-refractivity contribution is 0.242. The molecule has 0 unspecified atom stereocenters. The first-order valence-electron chi connectivity index (χ1n) is 8.58. The molecule has 0 aliphatic carbocycles. The van der Waals surface area contributed by atoms with Crippen LogP contribution in [0.4, 0.5) is 4.39 Å². The smallest absolute Gasteiger partial charge is 0.241 e. The minimum absolute atomic E-state index is 0.0156. The van der Waals surface area contributed by atoms with Gasteiger partial charge in [-0.15, -0.1) is 0 Å². The topological polar surface area (TPSA) is 67.4 Å². The van der Waals surface area contributed by atoms with Crippen molar-refractivity contribution in [2.24, 2.45) is 0 Å². The monoisotopic (exact) mass is 378 g/mol. The Morgan fingerprint density at radius 1 is 1.12 bits per heavy atom. The maximum atomic E-state index is 13.3. The number of sulfonamides is 1. The Kier molecular flexibility index (Phi) is 5.32. The van der Waals surface area contributed by atoms with Crippen LogP contribution < -0.4 is 14.8 Å². The Hall–Kier alpha value is -1.96. The Morgan fingerprint density at radius 2 is 1.77 bits per heavy atom. The number of hydrogen-bond donors (Lipinski definition) is 2. The molecule has 1 saturated heterocycles. The van der Waals surface area contributed by atoms with Crippen LogP contribution in [0.2, 0.25) is 0 Å². The highest BCUT2D eigenvalue weighted by Gasteiger charge is 2.39. The van der Waals surface area contributed by atoms with E-state index in [0.717, 1.165) is 5.56 Å². The van der Waals surface area contributed by atoms with Crippen molar-refractivity contribution < 1.29 is 17.5 Å². The van der Waals surface area contributed by atoms with Gasteiger partial charge in [-0.05, 0) is 68.8 Å². The van der Waals surface area contributed by atoms with E-state index in [-0.39, 0.29) is 16.8 Å². The predicted octanol–water partition coefficient (Wildman–Crippen LogP) is 2.78. The van der Waals surface area contributed by atoms with E-state index in [4.69, 9.17) is 4.74 Å². The molecule has 5 nitrogen and oxygen atoms in total. The second-order valence-corrected chi connectivity index (χ2v) is 8.44. The van der Waals surface area contributed by atoms with Gasteiger partial charge in [-0.1, -0.05) is 12.1 Å². The molecule has 0 spiro atoms. The lowest BCUT2D eigenvalue weighted by Crippen LogP contribution is -2.47. The Morgan fingerprint density at radius 3 is 2.31 bits per heavy atom. The third-order valence-corrected chi connectivity index (χ3v) is 5.94. The first-order valence-corrected chi connectivity index (χ1v) is 10.1. The van der Waals surface area contributed by atoms with Crippen LogP contribution in [-0.4, -0.2) is 27.6 Å². The largest absolute Gasteiger partial charge is 0.491 e. The molecular weight excluding hydrogens is 355 g/mol. The van der Waals surface area contributed by atoms with Gasteiger partial charge in [0.15, 0.2) is 0 Å². The van der Waals surface area contributed by atoms with Gasteiger partial charge in [0.1, 0.15) is 11.6 Å². The van der Waals surface area contributed by atoms with Crippen molar-refractivity contribution in [3.8, 4) is 5.75 Å². The summed E-state index contributed by atoms with van der Waals surface area (Å²) in [6, 6.07) is 12.3. The van der Waals surface area contributed by atoms with E-state index >= 15 is 0 Å². The molecule has 140 valence electrons. The third-order valence-electron chi connectivity index (χ3n) is 4.39. The van der Waals surface area contributed by atoms with Crippen molar-refractivity contribution in [1.29, 1.82) is 0 Å². The van der Waals surface area contributed by atoms with Gasteiger partial charge in [-0.2, -0.15) is 4.72 Å². The van der Waals surface area contributed by atoms with E-state index in [1.807, 2.05) is 13.8 Å². The van der Waals surface area contributed by atoms with Crippen LogP contribution in [-0.2, 0) is 15.6 Å². The molecule has 26 heavy (non-hydrogen) atoms. The van der Waals surface area contributed by atoms with E-state index in [0.29, 0.717) is 25.3 Å². The van der Waals surface area contributed by atoms with Crippen molar-refractivity contribution in [3.63, 3.8) is 0 Å². The maximum Gasteiger partial charge on any atom is 0.241 e. The van der Waals surface area contributed by atoms with Gasteiger partial charge in [0, 0.05) is 6.54 Å². The number of nitrogens with one attached hydrogen (secondary N) is 2. The zero-order valence-electron chi connectivity index (χ0n) is 14.8. The number of ether oxygens (including phenoxy) is 1. The quantitative estimate of drug-likeness (QED) is 0.811. The second-order valence-electron chi connectivity index (χ2n) is 6.76. The zero-order chi connectivity index (χ0) is 18.8. The van der Waals surface area contributed by atoms with Crippen LogP contribution in [0.25, 0.3) is 0 Å². The third kappa shape index (κ3) is 4.06. The number of halogens is 1. The number of hydrogen-bond acceptors (Lipinski definition) is 4. The molecule has 2 N–H and O–H groups in total. The summed E-state index contributed by atoms with van der Waals surface area (Å²) in [5, 5.41) is 3.19. The second kappa shape index (κ2) is 7.34. The van der Waals surface area contributed by atoms with E-state index in [1.165, 1.54) is 24.3 Å². The van der Waals surface area contributed by atoms with Crippen LogP contribution in [0.1, 0.15) is 25.8 Å². The lowest BCUT2D eigenvalue weighted by Gasteiger charge is -2.30. The Balaban J connectivity index is 1.87. The maximum absolute atomic E-state index is 13.3. The molecule has 1 aliphatic heterocycles. The predicted molar refractivity (Wildman–Crippen MR) is 98.1 cm³/mol. The molecule has 0 amide bonds. The van der Waals surface area contributed by atoms with E-state index in [2.05, 4.69) is 10.0 Å². The summed E-state index contributed by atoms with van der Waals surface area (Å²) < 4.78 is 47.5. The molecular formula is C19H23FN2O3S. The fourth-order valence-electron chi connectivity index (χ4n) is 3.14. The summed E-state index contributed by atoms with van der Waals surface area (Å²) in [5.41, 5.74) is -0.0492. The summed E-state index contributed by atoms with van der Waals surface area (Å²) in [5.74, 6) is 0.271. The molecule has 7 heteroatoms. The molecule has 1 aliphatic rings. The summed E-state index contributed by atoms with van der Waals surface area (Å²) in [7, 11) is -3.74. The van der Waals surface area contributed by atoms with Crippen molar-refractivity contribution in [2.75, 3.05) is 13.1 Å². The fraction of sp³-hybridized carbons (Fsp3) is 0.368. The van der Waals surface area contributed by atoms with Gasteiger partial charge in [0.25, 0.3) is 0 Å². The summed E-state index contributed by atoms with van der Waals surface area (Å²) in [4.78, 5) is 0.169. The van der Waals surface area contributed by atoms with Crippen molar-refractivity contribution >= 4 is 10.0 Å². The van der Waals surface area contributed by atoms with Crippen LogP contribution in [0, 0.1) is 5.82 Å². The van der Waals surface area contributed by atoms with Gasteiger partial charge >= 0.3 is 0 Å². The van der Waals surface area contributed by atoms with Crippen molar-refractivity contribution in [1.82, 2.24) is 10.0 Å². The molecule has 0 saturated carbocycles. The zero-order valence-corrected chi connectivity index (χ0v) is 15.6. The normalized spacial score (nSPS) is 20.5. The Labute approximate surface area is 153 Å². The van der Waals surface area contributed by atoms with Crippen LogP contribution >= 0.6 is 0 Å². The molecule has 1 heterocycles. The molecule has 2 aromatic rings. The summed E-state index contributed by atoms with van der Waals surface area (Å²) in [6.07, 6.45) is 0.605. The molecule has 3 rings (SSSR count). The van der Waals surface area contributed by atoms with Crippen LogP contribution in [0.15, 0.2) is 53.4 Å². The lowest BCUT2D eigenvalue weighted by atomic mass is 9.90. The van der Waals surface area contributed by atoms with E-state index < -0.39 is 15.6 Å². The van der Waals surface area contributed by atoms with Gasteiger partial charge < -0.3 is 10.1 Å². The van der Waals surface area contributed by atoms with Crippen LogP contribution in [0.5, 0.6) is 5.75 Å². The Bertz CT molecular complexity index is 843. The molecule has 1 fully saturated rings. The van der Waals surface area contributed by atoms with E-state index in [1.54, 1.807) is 24.3 Å². The molecule has 2 aromatic carbocycles. The van der Waals surface area contributed by atoms with Crippen molar-refractivity contribution in [3.05, 3.63) is 59.9 Å². The van der Waals surface area contributed by atoms with E-state index in [9.17, 15) is 12.8 Å². The average molecular weight is 378 g/mol. The van der Waals surface area contributed by atoms with Gasteiger partial charge in [0.2, 0.25) is 10.0 Å². The first-order chi connectivity index (χ1) is 12.3. The summed E-state index contributed by atoms with van der Waals surface area (Å²) in [6.45, 7) is 4.95. The van der Waals surface area contributed by atoms with Gasteiger partial charge in [0.05, 0.1) is 16.5 Å².